The molecule has 0 saturated heterocycles. The number of carbonyl (C=O) groups excluding carboxylic acids is 2. The van der Waals surface area contributed by atoms with Gasteiger partial charge in [-0.25, -0.2) is 4.79 Å². The summed E-state index contributed by atoms with van der Waals surface area (Å²) in [5, 5.41) is 10.0. The van der Waals surface area contributed by atoms with Crippen LogP contribution in [0.1, 0.15) is 24.0 Å². The summed E-state index contributed by atoms with van der Waals surface area (Å²) in [5.41, 5.74) is 12.5. The first-order valence-electron chi connectivity index (χ1n) is 9.77. The van der Waals surface area contributed by atoms with E-state index in [2.05, 4.69) is 11.9 Å². The molecule has 0 aliphatic heterocycles. The van der Waals surface area contributed by atoms with Crippen molar-refractivity contribution in [1.29, 1.82) is 0 Å². The van der Waals surface area contributed by atoms with Gasteiger partial charge in [-0.3, -0.25) is 9.59 Å². The van der Waals surface area contributed by atoms with Gasteiger partial charge in [0.2, 0.25) is 11.8 Å². The highest BCUT2D eigenvalue weighted by atomic mass is 19.4. The second-order valence-electron chi connectivity index (χ2n) is 7.10. The Balaban J connectivity index is 0.000000675. The Morgan fingerprint density at radius 3 is 1.76 bits per heavy atom. The number of hydrogen-bond donors (Lipinski definition) is 4. The van der Waals surface area contributed by atoms with Crippen molar-refractivity contribution in [3.8, 4) is 0 Å². The van der Waals surface area contributed by atoms with E-state index in [-0.39, 0.29) is 6.42 Å². The van der Waals surface area contributed by atoms with Gasteiger partial charge in [0, 0.05) is 12.0 Å². The number of nitrogens with one attached hydrogen (secondary N) is 1. The van der Waals surface area contributed by atoms with Crippen molar-refractivity contribution in [3.63, 3.8) is 0 Å². The first-order valence-corrected chi connectivity index (χ1v) is 9.77. The smallest absolute Gasteiger partial charge is 0.475 e. The Labute approximate surface area is 189 Å². The van der Waals surface area contributed by atoms with E-state index < -0.39 is 35.4 Å². The fourth-order valence-corrected chi connectivity index (χ4v) is 3.12. The van der Waals surface area contributed by atoms with Gasteiger partial charge in [-0.05, 0) is 17.5 Å². The Morgan fingerprint density at radius 1 is 1.00 bits per heavy atom. The van der Waals surface area contributed by atoms with E-state index in [0.717, 1.165) is 11.1 Å². The van der Waals surface area contributed by atoms with Gasteiger partial charge in [0.05, 0.1) is 12.5 Å². The highest BCUT2D eigenvalue weighted by molar-refractivity contribution is 5.87. The van der Waals surface area contributed by atoms with Crippen molar-refractivity contribution in [1.82, 2.24) is 5.32 Å². The summed E-state index contributed by atoms with van der Waals surface area (Å²) in [5.74, 6) is -3.76. The van der Waals surface area contributed by atoms with E-state index in [9.17, 15) is 22.8 Å². The number of aliphatic carboxylic acids is 1. The van der Waals surface area contributed by atoms with E-state index >= 15 is 0 Å². The van der Waals surface area contributed by atoms with Gasteiger partial charge in [0.25, 0.3) is 0 Å². The van der Waals surface area contributed by atoms with Gasteiger partial charge >= 0.3 is 12.1 Å². The summed E-state index contributed by atoms with van der Waals surface area (Å²) in [6.45, 7) is 4.23. The van der Waals surface area contributed by atoms with Crippen LogP contribution in [0.15, 0.2) is 73.3 Å². The molecular weight excluding hydrogens is 439 g/mol. The zero-order valence-electron chi connectivity index (χ0n) is 17.7. The normalized spacial score (nSPS) is 12.0. The van der Waals surface area contributed by atoms with Gasteiger partial charge in [-0.15, -0.1) is 6.58 Å². The Bertz CT molecular complexity index is 895. The topological polar surface area (TPSA) is 136 Å². The molecule has 10 heteroatoms. The maximum Gasteiger partial charge on any atom is 0.490 e. The molecule has 2 aromatic carbocycles. The van der Waals surface area contributed by atoms with Gasteiger partial charge < -0.3 is 21.9 Å². The van der Waals surface area contributed by atoms with Crippen LogP contribution in [0.3, 0.4) is 0 Å². The van der Waals surface area contributed by atoms with Gasteiger partial charge in [-0.2, -0.15) is 13.2 Å². The molecular formula is C23H26F3N3O4. The maximum absolute atomic E-state index is 12.3. The first-order chi connectivity index (χ1) is 15.4. The molecule has 0 radical (unpaired) electrons. The van der Waals surface area contributed by atoms with Crippen LogP contribution in [-0.4, -0.2) is 41.7 Å². The van der Waals surface area contributed by atoms with Crippen molar-refractivity contribution in [2.24, 2.45) is 11.5 Å². The molecule has 6 N–H and O–H groups in total. The molecule has 0 spiro atoms. The average molecular weight is 465 g/mol. The van der Waals surface area contributed by atoms with E-state index in [0.29, 0.717) is 13.0 Å². The number of halogens is 3. The predicted molar refractivity (Wildman–Crippen MR) is 117 cm³/mol. The molecule has 0 heterocycles. The van der Waals surface area contributed by atoms with Crippen molar-refractivity contribution in [3.05, 3.63) is 84.4 Å². The van der Waals surface area contributed by atoms with Gasteiger partial charge in [-0.1, -0.05) is 66.7 Å². The molecule has 2 aromatic rings. The lowest BCUT2D eigenvalue weighted by Gasteiger charge is -2.35. The molecule has 0 saturated carbocycles. The first kappa shape index (κ1) is 27.4. The average Bonchev–Trinajstić information content (AvgIpc) is 2.77. The minimum absolute atomic E-state index is 0.184. The lowest BCUT2D eigenvalue weighted by molar-refractivity contribution is -0.192. The predicted octanol–water partition coefficient (Wildman–Crippen LogP) is 2.50. The van der Waals surface area contributed by atoms with Crippen LogP contribution in [0.25, 0.3) is 0 Å². The Hall–Kier alpha value is -3.66. The number of carbonyl (C=O) groups is 3. The second kappa shape index (κ2) is 12.4. The van der Waals surface area contributed by atoms with Crippen molar-refractivity contribution >= 4 is 17.8 Å². The van der Waals surface area contributed by atoms with Gasteiger partial charge in [0.1, 0.15) is 0 Å². The third kappa shape index (κ3) is 8.41. The van der Waals surface area contributed by atoms with E-state index in [1.807, 2.05) is 66.7 Å². The van der Waals surface area contributed by atoms with Crippen LogP contribution in [0.2, 0.25) is 0 Å². The summed E-state index contributed by atoms with van der Waals surface area (Å²) >= 11 is 0. The molecule has 0 aliphatic rings. The molecule has 2 amide bonds. The summed E-state index contributed by atoms with van der Waals surface area (Å²) in [4.78, 5) is 32.2. The quantitative estimate of drug-likeness (QED) is 0.422. The number of allylic oxidation sites excluding steroid dienone is 1. The molecule has 0 aliphatic carbocycles. The molecule has 7 nitrogen and oxygen atoms in total. The number of carboxylic acids is 1. The monoisotopic (exact) mass is 465 g/mol. The SMILES string of the molecule is C=CCC(CNC(=O)[C@@H](N)CC(N)=O)(c1ccccc1)c1ccccc1.O=C(O)C(F)(F)F. The fraction of sp³-hybridized carbons (Fsp3) is 0.261. The number of alkyl halides is 3. The molecule has 178 valence electrons. The van der Waals surface area contributed by atoms with Crippen LogP contribution in [0.5, 0.6) is 0 Å². The number of carboxylic acid groups (broad SMARTS) is 1. The second-order valence-corrected chi connectivity index (χ2v) is 7.10. The Morgan fingerprint density at radius 2 is 1.42 bits per heavy atom. The maximum atomic E-state index is 12.3. The van der Waals surface area contributed by atoms with Gasteiger partial charge in [0.15, 0.2) is 0 Å². The molecule has 33 heavy (non-hydrogen) atoms. The zero-order chi connectivity index (χ0) is 25.1. The fourth-order valence-electron chi connectivity index (χ4n) is 3.12. The number of benzene rings is 2. The number of rotatable bonds is 9. The van der Waals surface area contributed by atoms with E-state index in [1.54, 1.807) is 0 Å². The third-order valence-corrected chi connectivity index (χ3v) is 4.71. The third-order valence-electron chi connectivity index (χ3n) is 4.71. The number of amides is 2. The number of nitrogens with two attached hydrogens (primary N) is 2. The molecule has 0 aromatic heterocycles. The molecule has 1 atom stereocenters. The summed E-state index contributed by atoms with van der Waals surface area (Å²) < 4.78 is 31.7. The standard InChI is InChI=1S/C21H25N3O2.C2HF3O2/c1-2-13-21(16-9-5-3-6-10-16,17-11-7-4-8-12-17)15-24-20(26)18(22)14-19(23)25;3-2(4,5)1(6)7/h2-12,18H,1,13-15,22H2,(H2,23,25)(H,24,26);(H,6,7)/t18-;/m0./s1. The van der Waals surface area contributed by atoms with Crippen LogP contribution >= 0.6 is 0 Å². The number of primary amides is 1. The van der Waals surface area contributed by atoms with Crippen LogP contribution < -0.4 is 16.8 Å². The van der Waals surface area contributed by atoms with Crippen LogP contribution in [0, 0.1) is 0 Å². The highest BCUT2D eigenvalue weighted by Gasteiger charge is 2.38. The van der Waals surface area contributed by atoms with Crippen LogP contribution in [-0.2, 0) is 19.8 Å². The van der Waals surface area contributed by atoms with E-state index in [1.165, 1.54) is 0 Å². The van der Waals surface area contributed by atoms with Crippen LogP contribution in [0.4, 0.5) is 13.2 Å². The molecule has 0 unspecified atom stereocenters. The summed E-state index contributed by atoms with van der Waals surface area (Å²) in [6.07, 6.45) is -2.79. The lowest BCUT2D eigenvalue weighted by Crippen LogP contribution is -2.48. The minimum atomic E-state index is -5.08. The summed E-state index contributed by atoms with van der Waals surface area (Å²) in [7, 11) is 0. The van der Waals surface area contributed by atoms with Crippen molar-refractivity contribution in [2.75, 3.05) is 6.54 Å². The molecule has 0 fully saturated rings. The minimum Gasteiger partial charge on any atom is -0.475 e. The Kier molecular flexibility index (Phi) is 10.3. The van der Waals surface area contributed by atoms with Crippen molar-refractivity contribution < 1.29 is 32.7 Å². The molecule has 0 bridgehead atoms. The molecule has 2 rings (SSSR count). The highest BCUT2D eigenvalue weighted by Crippen LogP contribution is 2.35. The van der Waals surface area contributed by atoms with Crippen molar-refractivity contribution in [2.45, 2.75) is 30.5 Å². The zero-order valence-corrected chi connectivity index (χ0v) is 17.7. The lowest BCUT2D eigenvalue weighted by atomic mass is 9.72. The number of hydrogen-bond acceptors (Lipinski definition) is 4. The summed E-state index contributed by atoms with van der Waals surface area (Å²) in [6, 6.07) is 19.0. The van der Waals surface area contributed by atoms with E-state index in [4.69, 9.17) is 21.4 Å². The largest absolute Gasteiger partial charge is 0.490 e.